The molecule has 0 spiro atoms. The van der Waals surface area contributed by atoms with Gasteiger partial charge in [-0.15, -0.1) is 0 Å². The number of nitrogens with zero attached hydrogens (tertiary/aromatic N) is 2. The first-order chi connectivity index (χ1) is 10.0. The number of hydrogen-bond donors (Lipinski definition) is 0. The molecule has 114 valence electrons. The van der Waals surface area contributed by atoms with E-state index in [1.807, 2.05) is 19.0 Å². The summed E-state index contributed by atoms with van der Waals surface area (Å²) in [6.45, 7) is 0.510. The molecule has 0 aromatic carbocycles. The molecule has 1 fully saturated rings. The van der Waals surface area contributed by atoms with Gasteiger partial charge in [0.2, 0.25) is 6.29 Å². The molecule has 2 heterocycles. The minimum absolute atomic E-state index is 0.0720. The van der Waals surface area contributed by atoms with Crippen LogP contribution >= 0.6 is 11.6 Å². The van der Waals surface area contributed by atoms with Crippen molar-refractivity contribution in [3.8, 4) is 5.75 Å². The molecule has 0 saturated carbocycles. The number of carbonyl (C=O) groups is 1. The van der Waals surface area contributed by atoms with Gasteiger partial charge in [0.15, 0.2) is 5.78 Å². The third-order valence-corrected chi connectivity index (χ3v) is 3.36. The summed E-state index contributed by atoms with van der Waals surface area (Å²) in [6, 6.07) is 3.34. The predicted octanol–water partition coefficient (Wildman–Crippen LogP) is 2.51. The Morgan fingerprint density at radius 1 is 1.57 bits per heavy atom. The molecule has 2 atom stereocenters. The normalized spacial score (nSPS) is 22.2. The Bertz CT molecular complexity index is 519. The van der Waals surface area contributed by atoms with Crippen molar-refractivity contribution in [3.63, 3.8) is 0 Å². The van der Waals surface area contributed by atoms with Crippen LogP contribution in [0.15, 0.2) is 30.6 Å². The quantitative estimate of drug-likeness (QED) is 0.618. The smallest absolute Gasteiger partial charge is 0.200 e. The fourth-order valence-corrected chi connectivity index (χ4v) is 2.23. The van der Waals surface area contributed by atoms with Gasteiger partial charge in [-0.25, -0.2) is 4.98 Å². The highest BCUT2D eigenvalue weighted by Crippen LogP contribution is 2.25. The SMILES string of the molecule is CN(C)C=CC(=O)C1CCOC(Oc2ccnc(Cl)c2)C1. The van der Waals surface area contributed by atoms with Crippen LogP contribution in [-0.2, 0) is 9.53 Å². The van der Waals surface area contributed by atoms with Crippen molar-refractivity contribution in [1.82, 2.24) is 9.88 Å². The third-order valence-electron chi connectivity index (χ3n) is 3.15. The molecule has 5 nitrogen and oxygen atoms in total. The zero-order valence-electron chi connectivity index (χ0n) is 12.2. The molecule has 1 aromatic heterocycles. The van der Waals surface area contributed by atoms with Gasteiger partial charge in [-0.1, -0.05) is 11.6 Å². The molecule has 0 bridgehead atoms. The molecule has 0 N–H and O–H groups in total. The standard InChI is InChI=1S/C15H19ClN2O3/c1-18(2)7-4-13(19)11-5-8-20-15(9-11)21-12-3-6-17-14(16)10-12/h3-4,6-7,10-11,15H,5,8-9H2,1-2H3. The second kappa shape index (κ2) is 7.43. The lowest BCUT2D eigenvalue weighted by atomic mass is 9.94. The third kappa shape index (κ3) is 5.02. The summed E-state index contributed by atoms with van der Waals surface area (Å²) in [7, 11) is 3.76. The summed E-state index contributed by atoms with van der Waals surface area (Å²) in [5, 5.41) is 0.366. The van der Waals surface area contributed by atoms with Crippen LogP contribution in [0.3, 0.4) is 0 Å². The largest absolute Gasteiger partial charge is 0.465 e. The lowest BCUT2D eigenvalue weighted by molar-refractivity contribution is -0.140. The molecular formula is C15H19ClN2O3. The van der Waals surface area contributed by atoms with E-state index in [1.54, 1.807) is 30.6 Å². The summed E-state index contributed by atoms with van der Waals surface area (Å²) in [5.41, 5.74) is 0. The van der Waals surface area contributed by atoms with Crippen LogP contribution < -0.4 is 4.74 Å². The van der Waals surface area contributed by atoms with E-state index in [1.165, 1.54) is 0 Å². The van der Waals surface area contributed by atoms with E-state index < -0.39 is 6.29 Å². The number of hydrogen-bond acceptors (Lipinski definition) is 5. The molecule has 1 aliphatic rings. The van der Waals surface area contributed by atoms with Gasteiger partial charge in [0.05, 0.1) is 6.61 Å². The summed E-state index contributed by atoms with van der Waals surface area (Å²) in [4.78, 5) is 17.8. The molecule has 1 aromatic rings. The highest BCUT2D eigenvalue weighted by atomic mass is 35.5. The van der Waals surface area contributed by atoms with E-state index in [0.29, 0.717) is 30.4 Å². The summed E-state index contributed by atoms with van der Waals surface area (Å²) >= 11 is 5.81. The van der Waals surface area contributed by atoms with E-state index in [9.17, 15) is 4.79 Å². The van der Waals surface area contributed by atoms with Crippen molar-refractivity contribution in [2.45, 2.75) is 19.1 Å². The van der Waals surface area contributed by atoms with Gasteiger partial charge >= 0.3 is 0 Å². The fourth-order valence-electron chi connectivity index (χ4n) is 2.07. The van der Waals surface area contributed by atoms with E-state index in [4.69, 9.17) is 21.1 Å². The van der Waals surface area contributed by atoms with Crippen LogP contribution in [0, 0.1) is 5.92 Å². The first-order valence-corrected chi connectivity index (χ1v) is 7.20. The number of pyridine rings is 1. The van der Waals surface area contributed by atoms with Crippen molar-refractivity contribution < 1.29 is 14.3 Å². The Hall–Kier alpha value is -1.59. The number of allylic oxidation sites excluding steroid dienone is 1. The fraction of sp³-hybridized carbons (Fsp3) is 0.467. The first kappa shape index (κ1) is 15.8. The maximum atomic E-state index is 12.1. The minimum atomic E-state index is -0.432. The topological polar surface area (TPSA) is 51.7 Å². The average molecular weight is 311 g/mol. The number of ketones is 1. The van der Waals surface area contributed by atoms with Gasteiger partial charge < -0.3 is 14.4 Å². The molecule has 0 aliphatic carbocycles. The van der Waals surface area contributed by atoms with Gasteiger partial charge in [0.1, 0.15) is 10.9 Å². The van der Waals surface area contributed by atoms with Crippen molar-refractivity contribution in [2.75, 3.05) is 20.7 Å². The van der Waals surface area contributed by atoms with Crippen molar-refractivity contribution in [2.24, 2.45) is 5.92 Å². The molecule has 2 unspecified atom stereocenters. The molecule has 21 heavy (non-hydrogen) atoms. The minimum Gasteiger partial charge on any atom is -0.465 e. The van der Waals surface area contributed by atoms with E-state index in [2.05, 4.69) is 4.98 Å². The van der Waals surface area contributed by atoms with Crippen LogP contribution in [-0.4, -0.2) is 42.7 Å². The van der Waals surface area contributed by atoms with Crippen LogP contribution in [0.1, 0.15) is 12.8 Å². The summed E-state index contributed by atoms with van der Waals surface area (Å²) < 4.78 is 11.3. The molecular weight excluding hydrogens is 292 g/mol. The van der Waals surface area contributed by atoms with Crippen molar-refractivity contribution in [1.29, 1.82) is 0 Å². The molecule has 0 amide bonds. The zero-order valence-corrected chi connectivity index (χ0v) is 12.9. The number of aromatic nitrogens is 1. The van der Waals surface area contributed by atoms with Gasteiger partial charge in [-0.2, -0.15) is 0 Å². The lowest BCUT2D eigenvalue weighted by Crippen LogP contribution is -2.33. The van der Waals surface area contributed by atoms with Crippen molar-refractivity contribution in [3.05, 3.63) is 35.8 Å². The van der Waals surface area contributed by atoms with Gasteiger partial charge in [-0.05, 0) is 18.6 Å². The highest BCUT2D eigenvalue weighted by Gasteiger charge is 2.27. The van der Waals surface area contributed by atoms with Gasteiger partial charge in [0, 0.05) is 44.9 Å². The van der Waals surface area contributed by atoms with Gasteiger partial charge in [0.25, 0.3) is 0 Å². The van der Waals surface area contributed by atoms with Crippen LogP contribution in [0.5, 0.6) is 5.75 Å². The maximum Gasteiger partial charge on any atom is 0.200 e. The van der Waals surface area contributed by atoms with Crippen LogP contribution in [0.4, 0.5) is 0 Å². The second-order valence-electron chi connectivity index (χ2n) is 5.14. The Kier molecular flexibility index (Phi) is 5.59. The number of ether oxygens (including phenoxy) is 2. The molecule has 6 heteroatoms. The number of halogens is 1. The van der Waals surface area contributed by atoms with E-state index >= 15 is 0 Å². The van der Waals surface area contributed by atoms with E-state index in [0.717, 1.165) is 0 Å². The Morgan fingerprint density at radius 2 is 2.38 bits per heavy atom. The Labute approximate surface area is 129 Å². The first-order valence-electron chi connectivity index (χ1n) is 6.83. The van der Waals surface area contributed by atoms with Gasteiger partial charge in [-0.3, -0.25) is 4.79 Å². The van der Waals surface area contributed by atoms with Crippen LogP contribution in [0.25, 0.3) is 0 Å². The monoisotopic (exact) mass is 310 g/mol. The second-order valence-corrected chi connectivity index (χ2v) is 5.52. The Morgan fingerprint density at radius 3 is 3.10 bits per heavy atom. The zero-order chi connectivity index (χ0) is 15.2. The van der Waals surface area contributed by atoms with E-state index in [-0.39, 0.29) is 11.7 Å². The average Bonchev–Trinajstić information content (AvgIpc) is 2.45. The maximum absolute atomic E-state index is 12.1. The number of rotatable bonds is 5. The van der Waals surface area contributed by atoms with Crippen molar-refractivity contribution >= 4 is 17.4 Å². The molecule has 0 radical (unpaired) electrons. The molecule has 1 aliphatic heterocycles. The Balaban J connectivity index is 1.93. The van der Waals surface area contributed by atoms with Crippen LogP contribution in [0.2, 0.25) is 5.15 Å². The summed E-state index contributed by atoms with van der Waals surface area (Å²) in [6.07, 6.45) is 5.76. The predicted molar refractivity (Wildman–Crippen MR) is 80.2 cm³/mol. The summed E-state index contributed by atoms with van der Waals surface area (Å²) in [5.74, 6) is 0.627. The molecule has 1 saturated heterocycles. The molecule has 2 rings (SSSR count). The number of carbonyl (C=O) groups excluding carboxylic acids is 1. The highest BCUT2D eigenvalue weighted by molar-refractivity contribution is 6.29. The lowest BCUT2D eigenvalue weighted by Gasteiger charge is -2.28.